The lowest BCUT2D eigenvalue weighted by atomic mass is 10.1. The fourth-order valence-corrected chi connectivity index (χ4v) is 3.17. The lowest BCUT2D eigenvalue weighted by Crippen LogP contribution is -2.15. The number of hydrogen-bond donors (Lipinski definition) is 0. The van der Waals surface area contributed by atoms with Gasteiger partial charge in [0.05, 0.1) is 5.70 Å². The Morgan fingerprint density at radius 1 is 0.481 bits per heavy atom. The molecule has 27 heavy (non-hydrogen) atoms. The molecule has 0 aliphatic carbocycles. The van der Waals surface area contributed by atoms with E-state index in [1.165, 1.54) is 11.1 Å². The van der Waals surface area contributed by atoms with Crippen LogP contribution >= 0.6 is 0 Å². The fraction of sp³-hybridized carbons (Fsp3) is 0. The summed E-state index contributed by atoms with van der Waals surface area (Å²) in [7, 11) is 0. The molecule has 0 aliphatic heterocycles. The van der Waals surface area contributed by atoms with Gasteiger partial charge < -0.3 is 4.90 Å². The van der Waals surface area contributed by atoms with Gasteiger partial charge in [-0.3, -0.25) is 0 Å². The molecule has 0 spiro atoms. The summed E-state index contributed by atoms with van der Waals surface area (Å²) in [5.74, 6) is 0. The molecule has 0 N–H and O–H groups in total. The molecule has 0 radical (unpaired) electrons. The third kappa shape index (κ3) is 3.99. The van der Waals surface area contributed by atoms with Gasteiger partial charge in [-0.2, -0.15) is 0 Å². The Morgan fingerprint density at radius 3 is 1.37 bits per heavy atom. The van der Waals surface area contributed by atoms with Crippen molar-refractivity contribution in [3.8, 4) is 0 Å². The van der Waals surface area contributed by atoms with E-state index in [1.54, 1.807) is 0 Å². The van der Waals surface area contributed by atoms with E-state index >= 15 is 0 Å². The van der Waals surface area contributed by atoms with E-state index in [2.05, 4.69) is 126 Å². The first-order valence-corrected chi connectivity index (χ1v) is 9.14. The topological polar surface area (TPSA) is 3.24 Å². The Hall–Kier alpha value is -3.58. The van der Waals surface area contributed by atoms with Crippen molar-refractivity contribution in [2.24, 2.45) is 0 Å². The molecule has 0 bridgehead atoms. The molecule has 1 heteroatoms. The summed E-state index contributed by atoms with van der Waals surface area (Å²) < 4.78 is 0. The number of benzene rings is 4. The van der Waals surface area contributed by atoms with Crippen LogP contribution in [0.25, 0.3) is 11.8 Å². The largest absolute Gasteiger partial charge is 0.310 e. The van der Waals surface area contributed by atoms with Gasteiger partial charge >= 0.3 is 0 Å². The van der Waals surface area contributed by atoms with Crippen LogP contribution < -0.4 is 4.90 Å². The molecule has 0 heterocycles. The molecular weight excluding hydrogens is 326 g/mol. The van der Waals surface area contributed by atoms with Gasteiger partial charge in [0, 0.05) is 11.4 Å². The maximum Gasteiger partial charge on any atom is 0.0539 e. The predicted molar refractivity (Wildman–Crippen MR) is 116 cm³/mol. The van der Waals surface area contributed by atoms with Gasteiger partial charge in [0.2, 0.25) is 0 Å². The summed E-state index contributed by atoms with van der Waals surface area (Å²) in [5, 5.41) is 0. The van der Waals surface area contributed by atoms with Crippen LogP contribution in [0.15, 0.2) is 121 Å². The number of para-hydroxylation sites is 2. The first-order chi connectivity index (χ1) is 13.4. The minimum Gasteiger partial charge on any atom is -0.310 e. The third-order valence-electron chi connectivity index (χ3n) is 4.44. The number of anilines is 2. The van der Waals surface area contributed by atoms with Crippen LogP contribution in [-0.2, 0) is 0 Å². The second-order valence-electron chi connectivity index (χ2n) is 6.31. The van der Waals surface area contributed by atoms with E-state index in [0.29, 0.717) is 0 Å². The van der Waals surface area contributed by atoms with Gasteiger partial charge in [0.15, 0.2) is 0 Å². The van der Waals surface area contributed by atoms with E-state index in [0.717, 1.165) is 17.1 Å². The van der Waals surface area contributed by atoms with Gasteiger partial charge in [-0.05, 0) is 41.5 Å². The minimum absolute atomic E-state index is 1.13. The first kappa shape index (κ1) is 16.9. The molecule has 0 saturated heterocycles. The number of hydrogen-bond acceptors (Lipinski definition) is 1. The fourth-order valence-electron chi connectivity index (χ4n) is 3.17. The third-order valence-corrected chi connectivity index (χ3v) is 4.44. The summed E-state index contributed by atoms with van der Waals surface area (Å²) >= 11 is 0. The minimum atomic E-state index is 1.13. The smallest absolute Gasteiger partial charge is 0.0539 e. The lowest BCUT2D eigenvalue weighted by Gasteiger charge is -2.28. The van der Waals surface area contributed by atoms with E-state index < -0.39 is 0 Å². The van der Waals surface area contributed by atoms with Crippen molar-refractivity contribution in [2.45, 2.75) is 0 Å². The first-order valence-electron chi connectivity index (χ1n) is 9.14. The molecule has 0 aliphatic rings. The normalized spacial score (nSPS) is 11.2. The van der Waals surface area contributed by atoms with Crippen molar-refractivity contribution in [2.75, 3.05) is 4.90 Å². The van der Waals surface area contributed by atoms with Crippen molar-refractivity contribution in [3.63, 3.8) is 0 Å². The van der Waals surface area contributed by atoms with E-state index in [4.69, 9.17) is 0 Å². The highest BCUT2D eigenvalue weighted by Gasteiger charge is 2.16. The SMILES string of the molecule is C(=C(c1ccccc1)N(c1ccccc1)c1ccccc1)c1ccccc1. The van der Waals surface area contributed by atoms with Gasteiger partial charge in [-0.15, -0.1) is 0 Å². The van der Waals surface area contributed by atoms with Crippen LogP contribution in [0.5, 0.6) is 0 Å². The Morgan fingerprint density at radius 2 is 0.889 bits per heavy atom. The van der Waals surface area contributed by atoms with Crippen LogP contribution in [0.2, 0.25) is 0 Å². The highest BCUT2D eigenvalue weighted by atomic mass is 15.1. The van der Waals surface area contributed by atoms with Gasteiger partial charge in [0.1, 0.15) is 0 Å². The Balaban J connectivity index is 1.93. The standard InChI is InChI=1S/C26H21N/c1-5-13-22(14-6-1)21-26(23-15-7-2-8-16-23)27(24-17-9-3-10-18-24)25-19-11-4-12-20-25/h1-21H. The molecule has 0 fully saturated rings. The summed E-state index contributed by atoms with van der Waals surface area (Å²) in [6, 6.07) is 42.0. The molecule has 4 aromatic rings. The van der Waals surface area contributed by atoms with Crippen LogP contribution in [0.4, 0.5) is 11.4 Å². The molecule has 0 atom stereocenters. The number of nitrogens with zero attached hydrogens (tertiary/aromatic N) is 1. The Kier molecular flexibility index (Phi) is 5.12. The average molecular weight is 347 g/mol. The van der Waals surface area contributed by atoms with E-state index in [1.807, 2.05) is 6.07 Å². The van der Waals surface area contributed by atoms with Gasteiger partial charge in [-0.1, -0.05) is 97.1 Å². The monoisotopic (exact) mass is 347 g/mol. The van der Waals surface area contributed by atoms with Crippen LogP contribution in [-0.4, -0.2) is 0 Å². The average Bonchev–Trinajstić information content (AvgIpc) is 2.76. The van der Waals surface area contributed by atoms with Crippen molar-refractivity contribution >= 4 is 23.1 Å². The maximum absolute atomic E-state index is 2.31. The molecule has 1 nitrogen and oxygen atoms in total. The van der Waals surface area contributed by atoms with E-state index in [-0.39, 0.29) is 0 Å². The molecule has 0 aromatic heterocycles. The zero-order chi connectivity index (χ0) is 18.3. The molecule has 0 unspecified atom stereocenters. The predicted octanol–water partition coefficient (Wildman–Crippen LogP) is 7.02. The van der Waals surface area contributed by atoms with Crippen LogP contribution in [0.3, 0.4) is 0 Å². The van der Waals surface area contributed by atoms with Crippen molar-refractivity contribution in [3.05, 3.63) is 132 Å². The van der Waals surface area contributed by atoms with Gasteiger partial charge in [-0.25, -0.2) is 0 Å². The molecule has 4 aromatic carbocycles. The second-order valence-corrected chi connectivity index (χ2v) is 6.31. The highest BCUT2D eigenvalue weighted by Crippen LogP contribution is 2.35. The Bertz CT molecular complexity index is 952. The van der Waals surface area contributed by atoms with E-state index in [9.17, 15) is 0 Å². The van der Waals surface area contributed by atoms with Crippen LogP contribution in [0.1, 0.15) is 11.1 Å². The zero-order valence-electron chi connectivity index (χ0n) is 15.1. The second kappa shape index (κ2) is 8.20. The van der Waals surface area contributed by atoms with Gasteiger partial charge in [0.25, 0.3) is 0 Å². The highest BCUT2D eigenvalue weighted by molar-refractivity contribution is 5.95. The molecular formula is C26H21N. The lowest BCUT2D eigenvalue weighted by molar-refractivity contribution is 1.30. The number of rotatable bonds is 5. The molecule has 130 valence electrons. The quantitative estimate of drug-likeness (QED) is 0.350. The summed E-state index contributed by atoms with van der Waals surface area (Å²) in [6.07, 6.45) is 2.25. The molecule has 0 saturated carbocycles. The maximum atomic E-state index is 2.31. The van der Waals surface area contributed by atoms with Crippen molar-refractivity contribution in [1.82, 2.24) is 0 Å². The van der Waals surface area contributed by atoms with Crippen molar-refractivity contribution < 1.29 is 0 Å². The summed E-state index contributed by atoms with van der Waals surface area (Å²) in [5.41, 5.74) is 5.76. The molecule has 4 rings (SSSR count). The van der Waals surface area contributed by atoms with Crippen LogP contribution in [0, 0.1) is 0 Å². The molecule has 0 amide bonds. The Labute approximate surface area is 160 Å². The summed E-state index contributed by atoms with van der Waals surface area (Å²) in [4.78, 5) is 2.31. The van der Waals surface area contributed by atoms with Crippen molar-refractivity contribution in [1.29, 1.82) is 0 Å². The summed E-state index contributed by atoms with van der Waals surface area (Å²) in [6.45, 7) is 0. The zero-order valence-corrected chi connectivity index (χ0v) is 15.1.